The lowest BCUT2D eigenvalue weighted by molar-refractivity contribution is -0.111. The molecular weight excluding hydrogens is 243 g/mol. The Morgan fingerprint density at radius 1 is 1.16 bits per heavy atom. The van der Waals surface area contributed by atoms with Crippen molar-refractivity contribution in [2.45, 2.75) is 50.4 Å². The fraction of sp³-hybridized carbons (Fsp3) is 0.500. The molecule has 2 bridgehead atoms. The average Bonchev–Trinajstić information content (AvgIpc) is 2.41. The molecule has 0 radical (unpaired) electrons. The molecule has 3 aliphatic rings. The third-order valence-corrected chi connectivity index (χ3v) is 4.40. The van der Waals surface area contributed by atoms with E-state index >= 15 is 0 Å². The normalized spacial score (nSPS) is 33.3. The lowest BCUT2D eigenvalue weighted by atomic mass is 9.69. The zero-order chi connectivity index (χ0) is 13.5. The van der Waals surface area contributed by atoms with Gasteiger partial charge in [0, 0.05) is 0 Å². The van der Waals surface area contributed by atoms with Crippen molar-refractivity contribution >= 4 is 0 Å². The summed E-state index contributed by atoms with van der Waals surface area (Å²) in [6.07, 6.45) is 3.81. The maximum absolute atomic E-state index is 13.8. The Morgan fingerprint density at radius 3 is 2.37 bits per heavy atom. The Morgan fingerprint density at radius 2 is 1.79 bits per heavy atom. The maximum Gasteiger partial charge on any atom is 0.130 e. The van der Waals surface area contributed by atoms with Gasteiger partial charge in [-0.05, 0) is 44.2 Å². The van der Waals surface area contributed by atoms with Gasteiger partial charge in [0.1, 0.15) is 11.4 Å². The van der Waals surface area contributed by atoms with E-state index in [2.05, 4.69) is 0 Å². The molecule has 3 aliphatic carbocycles. The molecule has 1 aromatic rings. The topological polar surface area (TPSA) is 29.5 Å². The van der Waals surface area contributed by atoms with Gasteiger partial charge in [-0.2, -0.15) is 0 Å². The third kappa shape index (κ3) is 2.33. The second-order valence-electron chi connectivity index (χ2n) is 5.86. The van der Waals surface area contributed by atoms with Crippen molar-refractivity contribution in [3.63, 3.8) is 0 Å². The molecule has 0 heterocycles. The highest BCUT2D eigenvalue weighted by Crippen LogP contribution is 2.48. The van der Waals surface area contributed by atoms with Crippen molar-refractivity contribution in [2.24, 2.45) is 0 Å². The average molecular weight is 262 g/mol. The minimum atomic E-state index is -1.21. The number of ether oxygens (including phenoxy) is 1. The molecule has 1 aromatic carbocycles. The van der Waals surface area contributed by atoms with Gasteiger partial charge < -0.3 is 9.84 Å². The summed E-state index contributed by atoms with van der Waals surface area (Å²) in [5.41, 5.74) is 0.586. The summed E-state index contributed by atoms with van der Waals surface area (Å²) >= 11 is 0. The van der Waals surface area contributed by atoms with Crippen molar-refractivity contribution in [3.05, 3.63) is 47.3 Å². The molecule has 0 aliphatic heterocycles. The van der Waals surface area contributed by atoms with Crippen LogP contribution in [0, 0.1) is 6.92 Å². The van der Waals surface area contributed by atoms with Crippen molar-refractivity contribution in [1.82, 2.24) is 0 Å². The Balaban J connectivity index is 1.72. The van der Waals surface area contributed by atoms with E-state index in [-0.39, 0.29) is 0 Å². The van der Waals surface area contributed by atoms with Gasteiger partial charge in [-0.1, -0.05) is 29.8 Å². The monoisotopic (exact) mass is 262 g/mol. The van der Waals surface area contributed by atoms with Crippen LogP contribution in [0.4, 0.5) is 4.39 Å². The molecule has 19 heavy (non-hydrogen) atoms. The second kappa shape index (κ2) is 4.43. The van der Waals surface area contributed by atoms with Gasteiger partial charge in [-0.3, -0.25) is 0 Å². The molecule has 0 atom stereocenters. The first-order valence-electron chi connectivity index (χ1n) is 6.82. The summed E-state index contributed by atoms with van der Waals surface area (Å²) in [5.74, 6) is -0.408. The molecule has 4 rings (SSSR count). The Hall–Kier alpha value is -1.19. The molecule has 1 fully saturated rings. The van der Waals surface area contributed by atoms with Crippen LogP contribution in [-0.4, -0.2) is 16.3 Å². The van der Waals surface area contributed by atoms with Crippen LogP contribution >= 0.6 is 0 Å². The lowest BCUT2D eigenvalue weighted by Crippen LogP contribution is -2.49. The van der Waals surface area contributed by atoms with Crippen LogP contribution in [-0.2, 0) is 11.3 Å². The summed E-state index contributed by atoms with van der Waals surface area (Å²) < 4.78 is 19.8. The first-order valence-corrected chi connectivity index (χ1v) is 6.82. The number of aliphatic hydroxyl groups is 1. The largest absolute Gasteiger partial charge is 0.383 e. The number of halogens is 1. The van der Waals surface area contributed by atoms with E-state index in [0.29, 0.717) is 32.3 Å². The van der Waals surface area contributed by atoms with Crippen molar-refractivity contribution in [3.8, 4) is 0 Å². The zero-order valence-corrected chi connectivity index (χ0v) is 11.2. The summed E-state index contributed by atoms with van der Waals surface area (Å²) in [4.78, 5) is 0. The van der Waals surface area contributed by atoms with Gasteiger partial charge in [0.15, 0.2) is 0 Å². The lowest BCUT2D eigenvalue weighted by Gasteiger charge is -2.46. The SMILES string of the molecule is Cc1ccc(COC23C=C(F)C(O)(CC2)CC3)cc1. The number of benzene rings is 1. The summed E-state index contributed by atoms with van der Waals surface area (Å²) in [6, 6.07) is 8.17. The van der Waals surface area contributed by atoms with E-state index in [1.807, 2.05) is 31.2 Å². The smallest absolute Gasteiger partial charge is 0.130 e. The minimum Gasteiger partial charge on any atom is -0.383 e. The number of rotatable bonds is 3. The first kappa shape index (κ1) is 12.8. The first-order chi connectivity index (χ1) is 9.01. The van der Waals surface area contributed by atoms with Gasteiger partial charge in [-0.25, -0.2) is 4.39 Å². The van der Waals surface area contributed by atoms with E-state index in [1.54, 1.807) is 0 Å². The number of fused-ring (bicyclic) bond motifs is 2. The summed E-state index contributed by atoms with van der Waals surface area (Å²) in [5, 5.41) is 10.0. The van der Waals surface area contributed by atoms with Crippen LogP contribution in [0.25, 0.3) is 0 Å². The van der Waals surface area contributed by atoms with Crippen molar-refractivity contribution < 1.29 is 14.2 Å². The summed E-state index contributed by atoms with van der Waals surface area (Å²) in [7, 11) is 0. The maximum atomic E-state index is 13.8. The summed E-state index contributed by atoms with van der Waals surface area (Å²) in [6.45, 7) is 2.53. The number of hydrogen-bond acceptors (Lipinski definition) is 2. The molecule has 0 saturated heterocycles. The molecule has 0 amide bonds. The van der Waals surface area contributed by atoms with Gasteiger partial charge in [0.25, 0.3) is 0 Å². The molecule has 1 saturated carbocycles. The van der Waals surface area contributed by atoms with E-state index in [0.717, 1.165) is 5.56 Å². The van der Waals surface area contributed by atoms with Crippen LogP contribution in [0.1, 0.15) is 36.8 Å². The number of aryl methyl sites for hydroxylation is 1. The highest BCUT2D eigenvalue weighted by molar-refractivity contribution is 5.26. The quantitative estimate of drug-likeness (QED) is 0.904. The van der Waals surface area contributed by atoms with Crippen LogP contribution < -0.4 is 0 Å². The van der Waals surface area contributed by atoms with Crippen LogP contribution in [0.3, 0.4) is 0 Å². The molecule has 3 heteroatoms. The van der Waals surface area contributed by atoms with E-state index in [1.165, 1.54) is 11.6 Å². The van der Waals surface area contributed by atoms with Gasteiger partial charge in [-0.15, -0.1) is 0 Å². The number of hydrogen-bond donors (Lipinski definition) is 1. The fourth-order valence-electron chi connectivity index (χ4n) is 2.93. The Labute approximate surface area is 112 Å². The van der Waals surface area contributed by atoms with Crippen LogP contribution in [0.2, 0.25) is 0 Å². The predicted molar refractivity (Wildman–Crippen MR) is 71.3 cm³/mol. The molecule has 0 spiro atoms. The molecule has 102 valence electrons. The third-order valence-electron chi connectivity index (χ3n) is 4.40. The minimum absolute atomic E-state index is 0.408. The Kier molecular flexibility index (Phi) is 2.99. The zero-order valence-electron chi connectivity index (χ0n) is 11.2. The molecule has 0 unspecified atom stereocenters. The highest BCUT2D eigenvalue weighted by Gasteiger charge is 2.49. The van der Waals surface area contributed by atoms with E-state index < -0.39 is 17.0 Å². The van der Waals surface area contributed by atoms with Crippen LogP contribution in [0.15, 0.2) is 36.2 Å². The Bertz CT molecular complexity index is 496. The molecular formula is C16H19FO2. The van der Waals surface area contributed by atoms with Gasteiger partial charge in [0.2, 0.25) is 0 Å². The second-order valence-corrected chi connectivity index (χ2v) is 5.86. The van der Waals surface area contributed by atoms with Crippen molar-refractivity contribution in [1.29, 1.82) is 0 Å². The van der Waals surface area contributed by atoms with Crippen LogP contribution in [0.5, 0.6) is 0 Å². The predicted octanol–water partition coefficient (Wildman–Crippen LogP) is 3.42. The van der Waals surface area contributed by atoms with E-state index in [4.69, 9.17) is 4.74 Å². The standard InChI is InChI=1S/C16H19FO2/c1-12-2-4-13(5-3-12)11-19-15-6-8-16(18,9-7-15)14(17)10-15/h2-5,10,18H,6-9,11H2,1H3. The molecule has 1 N–H and O–H groups in total. The fourth-order valence-corrected chi connectivity index (χ4v) is 2.93. The van der Waals surface area contributed by atoms with Gasteiger partial charge >= 0.3 is 0 Å². The van der Waals surface area contributed by atoms with Crippen molar-refractivity contribution in [2.75, 3.05) is 0 Å². The van der Waals surface area contributed by atoms with E-state index in [9.17, 15) is 9.50 Å². The molecule has 2 nitrogen and oxygen atoms in total. The van der Waals surface area contributed by atoms with Gasteiger partial charge in [0.05, 0.1) is 12.2 Å². The highest BCUT2D eigenvalue weighted by atomic mass is 19.1. The molecule has 0 aromatic heterocycles.